The van der Waals surface area contributed by atoms with Gasteiger partial charge in [-0.15, -0.1) is 6.58 Å². The van der Waals surface area contributed by atoms with Gasteiger partial charge in [0.2, 0.25) is 5.91 Å². The molecule has 0 aromatic heterocycles. The van der Waals surface area contributed by atoms with Gasteiger partial charge in [0.05, 0.1) is 6.61 Å². The summed E-state index contributed by atoms with van der Waals surface area (Å²) in [5, 5.41) is 13.9. The summed E-state index contributed by atoms with van der Waals surface area (Å²) in [6, 6.07) is -1.28. The van der Waals surface area contributed by atoms with E-state index >= 15 is 0 Å². The molecule has 0 aromatic rings. The highest BCUT2D eigenvalue weighted by Gasteiger charge is 2.24. The van der Waals surface area contributed by atoms with Crippen LogP contribution in [0.5, 0.6) is 0 Å². The Kier molecular flexibility index (Phi) is 6.40. The molecule has 6 heteroatoms. The topological polar surface area (TPSA) is 87.7 Å². The van der Waals surface area contributed by atoms with E-state index in [1.54, 1.807) is 33.8 Å². The van der Waals surface area contributed by atoms with E-state index in [4.69, 9.17) is 9.84 Å². The zero-order valence-electron chi connectivity index (χ0n) is 11.3. The first-order valence-electron chi connectivity index (χ1n) is 5.73. The monoisotopic (exact) mass is 258 g/mol. The first kappa shape index (κ1) is 16.4. The van der Waals surface area contributed by atoms with Crippen molar-refractivity contribution in [3.63, 3.8) is 0 Å². The van der Waals surface area contributed by atoms with Gasteiger partial charge in [-0.3, -0.25) is 4.79 Å². The molecule has 0 aliphatic rings. The molecule has 0 saturated carbocycles. The lowest BCUT2D eigenvalue weighted by Crippen LogP contribution is -2.51. The van der Waals surface area contributed by atoms with E-state index in [0.717, 1.165) is 0 Å². The number of ether oxygens (including phenoxy) is 1. The fraction of sp³-hybridized carbons (Fsp3) is 0.667. The van der Waals surface area contributed by atoms with Crippen LogP contribution >= 0.6 is 0 Å². The fourth-order valence-corrected chi connectivity index (χ4v) is 1.03. The Balaban J connectivity index is 4.38. The lowest BCUT2D eigenvalue weighted by molar-refractivity contribution is -0.124. The molecule has 6 nitrogen and oxygen atoms in total. The van der Waals surface area contributed by atoms with Gasteiger partial charge in [-0.05, 0) is 27.7 Å². The molecule has 0 rings (SSSR count). The predicted octanol–water partition coefficient (Wildman–Crippen LogP) is 0.563. The summed E-state index contributed by atoms with van der Waals surface area (Å²) in [6.07, 6.45) is 0.794. The van der Waals surface area contributed by atoms with Gasteiger partial charge < -0.3 is 20.5 Å². The highest BCUT2D eigenvalue weighted by molar-refractivity contribution is 5.86. The van der Waals surface area contributed by atoms with Crippen LogP contribution in [0.1, 0.15) is 27.7 Å². The van der Waals surface area contributed by atoms with Crippen LogP contribution in [0.2, 0.25) is 0 Å². The van der Waals surface area contributed by atoms with Gasteiger partial charge in [0.15, 0.2) is 0 Å². The summed E-state index contributed by atoms with van der Waals surface area (Å²) < 4.78 is 4.99. The molecule has 0 aromatic carbocycles. The first-order valence-corrected chi connectivity index (χ1v) is 5.73. The minimum atomic E-state index is -1.04. The van der Waals surface area contributed by atoms with Crippen molar-refractivity contribution >= 4 is 12.0 Å². The highest BCUT2D eigenvalue weighted by atomic mass is 16.6. The largest absolute Gasteiger partial charge is 0.444 e. The Labute approximate surface area is 107 Å². The third kappa shape index (κ3) is 6.90. The summed E-state index contributed by atoms with van der Waals surface area (Å²) >= 11 is 0. The molecule has 2 atom stereocenters. The molecular formula is C12H22N2O4. The predicted molar refractivity (Wildman–Crippen MR) is 68.0 cm³/mol. The van der Waals surface area contributed by atoms with Crippen molar-refractivity contribution in [1.29, 1.82) is 0 Å². The van der Waals surface area contributed by atoms with Crippen molar-refractivity contribution in [2.75, 3.05) is 6.61 Å². The number of carbonyl (C=O) groups excluding carboxylic acids is 2. The van der Waals surface area contributed by atoms with Crippen LogP contribution < -0.4 is 10.6 Å². The van der Waals surface area contributed by atoms with Crippen LogP contribution in [0, 0.1) is 0 Å². The van der Waals surface area contributed by atoms with Crippen molar-refractivity contribution in [3.05, 3.63) is 12.7 Å². The molecule has 0 aliphatic carbocycles. The number of hydrogen-bond acceptors (Lipinski definition) is 4. The molecule has 0 fully saturated rings. The highest BCUT2D eigenvalue weighted by Crippen LogP contribution is 2.06. The van der Waals surface area contributed by atoms with Crippen LogP contribution in [-0.4, -0.2) is 41.4 Å². The number of rotatable bonds is 5. The molecule has 2 amide bonds. The number of amides is 2. The fourth-order valence-electron chi connectivity index (χ4n) is 1.03. The molecule has 0 heterocycles. The van der Waals surface area contributed by atoms with Crippen LogP contribution in [-0.2, 0) is 9.53 Å². The minimum absolute atomic E-state index is 0.244. The van der Waals surface area contributed by atoms with Gasteiger partial charge in [-0.1, -0.05) is 6.08 Å². The molecule has 3 N–H and O–H groups in total. The maximum absolute atomic E-state index is 11.7. The third-order valence-electron chi connectivity index (χ3n) is 1.91. The standard InChI is InChI=1S/C12H22N2O4/c1-6-8(2)13-10(16)9(7-15)14-11(17)18-12(3,4)5/h6,8-9,15H,1,7H2,2-5H3,(H,13,16)(H,14,17)/t8-,9+/m0/s1. The Morgan fingerprint density at radius 3 is 2.33 bits per heavy atom. The second-order valence-electron chi connectivity index (χ2n) is 4.91. The van der Waals surface area contributed by atoms with E-state index in [-0.39, 0.29) is 6.04 Å². The molecular weight excluding hydrogens is 236 g/mol. The number of alkyl carbamates (subject to hydrolysis) is 1. The molecule has 0 bridgehead atoms. The normalized spacial score (nSPS) is 14.3. The second kappa shape index (κ2) is 7.00. The van der Waals surface area contributed by atoms with E-state index in [1.807, 2.05) is 0 Å². The summed E-state index contributed by atoms with van der Waals surface area (Å²) in [5.41, 5.74) is -0.658. The molecule has 0 aliphatic heterocycles. The van der Waals surface area contributed by atoms with Crippen LogP contribution in [0.3, 0.4) is 0 Å². The summed E-state index contributed by atoms with van der Waals surface area (Å²) in [4.78, 5) is 23.1. The van der Waals surface area contributed by atoms with Crippen molar-refractivity contribution in [2.45, 2.75) is 45.4 Å². The van der Waals surface area contributed by atoms with E-state index in [1.165, 1.54) is 0 Å². The Morgan fingerprint density at radius 2 is 1.94 bits per heavy atom. The van der Waals surface area contributed by atoms with E-state index in [0.29, 0.717) is 0 Å². The summed E-state index contributed by atoms with van der Waals surface area (Å²) in [5.74, 6) is -0.490. The van der Waals surface area contributed by atoms with Crippen molar-refractivity contribution < 1.29 is 19.4 Å². The molecule has 0 radical (unpaired) electrons. The second-order valence-corrected chi connectivity index (χ2v) is 4.91. The van der Waals surface area contributed by atoms with E-state index in [9.17, 15) is 9.59 Å². The molecule has 0 saturated heterocycles. The maximum Gasteiger partial charge on any atom is 0.408 e. The van der Waals surface area contributed by atoms with E-state index in [2.05, 4.69) is 17.2 Å². The van der Waals surface area contributed by atoms with Crippen molar-refractivity contribution in [2.24, 2.45) is 0 Å². The number of nitrogens with one attached hydrogen (secondary N) is 2. The smallest absolute Gasteiger partial charge is 0.408 e. The van der Waals surface area contributed by atoms with Gasteiger partial charge >= 0.3 is 6.09 Å². The van der Waals surface area contributed by atoms with Gasteiger partial charge in [0.25, 0.3) is 0 Å². The Bertz CT molecular complexity index is 310. The first-order chi connectivity index (χ1) is 8.19. The number of aliphatic hydroxyl groups is 1. The molecule has 18 heavy (non-hydrogen) atoms. The third-order valence-corrected chi connectivity index (χ3v) is 1.91. The minimum Gasteiger partial charge on any atom is -0.444 e. The van der Waals surface area contributed by atoms with Crippen LogP contribution in [0.15, 0.2) is 12.7 Å². The summed E-state index contributed by atoms with van der Waals surface area (Å²) in [7, 11) is 0. The summed E-state index contributed by atoms with van der Waals surface area (Å²) in [6.45, 7) is 9.87. The Hall–Kier alpha value is -1.56. The van der Waals surface area contributed by atoms with Crippen molar-refractivity contribution in [1.82, 2.24) is 10.6 Å². The number of aliphatic hydroxyl groups excluding tert-OH is 1. The van der Waals surface area contributed by atoms with Crippen molar-refractivity contribution in [3.8, 4) is 0 Å². The Morgan fingerprint density at radius 1 is 1.39 bits per heavy atom. The van der Waals surface area contributed by atoms with Crippen LogP contribution in [0.4, 0.5) is 4.79 Å². The SMILES string of the molecule is C=C[C@H](C)NC(=O)[C@@H](CO)NC(=O)OC(C)(C)C. The zero-order chi connectivity index (χ0) is 14.3. The van der Waals surface area contributed by atoms with Gasteiger partial charge in [-0.2, -0.15) is 0 Å². The van der Waals surface area contributed by atoms with Gasteiger partial charge in [0.1, 0.15) is 11.6 Å². The quantitative estimate of drug-likeness (QED) is 0.629. The van der Waals surface area contributed by atoms with E-state index < -0.39 is 30.3 Å². The van der Waals surface area contributed by atoms with Crippen LogP contribution in [0.25, 0.3) is 0 Å². The number of hydrogen-bond donors (Lipinski definition) is 3. The average Bonchev–Trinajstić information content (AvgIpc) is 2.22. The molecule has 0 unspecified atom stereocenters. The molecule has 0 spiro atoms. The number of carbonyl (C=O) groups is 2. The van der Waals surface area contributed by atoms with Gasteiger partial charge in [-0.25, -0.2) is 4.79 Å². The average molecular weight is 258 g/mol. The maximum atomic E-state index is 11.7. The van der Waals surface area contributed by atoms with Gasteiger partial charge in [0, 0.05) is 6.04 Å². The zero-order valence-corrected chi connectivity index (χ0v) is 11.3. The lowest BCUT2D eigenvalue weighted by atomic mass is 10.2. The molecule has 104 valence electrons. The lowest BCUT2D eigenvalue weighted by Gasteiger charge is -2.23.